The van der Waals surface area contributed by atoms with Gasteiger partial charge in [0.2, 0.25) is 0 Å². The Morgan fingerprint density at radius 2 is 1.83 bits per heavy atom. The standard InChI is InChI=1S/C16H32N2/c1-3-14-8-11-18(12-9-14)13-10-15-6-5-7-16(15)17-4-2/h14-17H,3-13H2,1-2H3. The predicted molar refractivity (Wildman–Crippen MR) is 78.9 cm³/mol. The second kappa shape index (κ2) is 7.49. The third kappa shape index (κ3) is 3.96. The first-order valence-corrected chi connectivity index (χ1v) is 8.29. The number of nitrogens with zero attached hydrogens (tertiary/aromatic N) is 1. The summed E-state index contributed by atoms with van der Waals surface area (Å²) in [5, 5.41) is 3.68. The third-order valence-electron chi connectivity index (χ3n) is 5.23. The van der Waals surface area contributed by atoms with E-state index in [9.17, 15) is 0 Å². The zero-order chi connectivity index (χ0) is 12.8. The highest BCUT2D eigenvalue weighted by molar-refractivity contribution is 4.84. The molecule has 0 bridgehead atoms. The molecule has 106 valence electrons. The van der Waals surface area contributed by atoms with Crippen LogP contribution in [0.3, 0.4) is 0 Å². The number of likely N-dealkylation sites (tertiary alicyclic amines) is 1. The van der Waals surface area contributed by atoms with Gasteiger partial charge < -0.3 is 10.2 Å². The van der Waals surface area contributed by atoms with E-state index in [1.165, 1.54) is 64.6 Å². The van der Waals surface area contributed by atoms with Crippen LogP contribution in [-0.2, 0) is 0 Å². The zero-order valence-electron chi connectivity index (χ0n) is 12.5. The first-order valence-electron chi connectivity index (χ1n) is 8.29. The molecule has 18 heavy (non-hydrogen) atoms. The third-order valence-corrected chi connectivity index (χ3v) is 5.23. The molecule has 0 amide bonds. The molecule has 1 aliphatic carbocycles. The normalized spacial score (nSPS) is 31.0. The molecular weight excluding hydrogens is 220 g/mol. The van der Waals surface area contributed by atoms with E-state index in [2.05, 4.69) is 24.1 Å². The molecule has 1 heterocycles. The zero-order valence-corrected chi connectivity index (χ0v) is 12.5. The molecule has 2 rings (SSSR count). The topological polar surface area (TPSA) is 15.3 Å². The molecule has 2 nitrogen and oxygen atoms in total. The van der Waals surface area contributed by atoms with Gasteiger partial charge in [0.25, 0.3) is 0 Å². The molecule has 0 spiro atoms. The maximum Gasteiger partial charge on any atom is 0.00956 e. The van der Waals surface area contributed by atoms with Crippen LogP contribution < -0.4 is 5.32 Å². The molecule has 1 saturated carbocycles. The first-order chi connectivity index (χ1) is 8.83. The number of hydrogen-bond donors (Lipinski definition) is 1. The van der Waals surface area contributed by atoms with Crippen LogP contribution in [0.25, 0.3) is 0 Å². The lowest BCUT2D eigenvalue weighted by Crippen LogP contribution is -2.37. The SMILES string of the molecule is CCNC1CCCC1CCN1CCC(CC)CC1. The molecule has 2 heteroatoms. The fourth-order valence-electron chi connectivity index (χ4n) is 3.88. The quantitative estimate of drug-likeness (QED) is 0.780. The number of nitrogens with one attached hydrogen (secondary N) is 1. The van der Waals surface area contributed by atoms with E-state index in [1.54, 1.807) is 0 Å². The van der Waals surface area contributed by atoms with Gasteiger partial charge in [0.15, 0.2) is 0 Å². The first kappa shape index (κ1) is 14.3. The van der Waals surface area contributed by atoms with E-state index in [1.807, 2.05) is 0 Å². The summed E-state index contributed by atoms with van der Waals surface area (Å²) in [6, 6.07) is 0.822. The van der Waals surface area contributed by atoms with Crippen LogP contribution in [0.2, 0.25) is 0 Å². The monoisotopic (exact) mass is 252 g/mol. The molecule has 1 N–H and O–H groups in total. The average molecular weight is 252 g/mol. The fourth-order valence-corrected chi connectivity index (χ4v) is 3.88. The summed E-state index contributed by atoms with van der Waals surface area (Å²) in [5.74, 6) is 1.97. The van der Waals surface area contributed by atoms with E-state index >= 15 is 0 Å². The summed E-state index contributed by atoms with van der Waals surface area (Å²) in [6.45, 7) is 9.80. The molecule has 2 unspecified atom stereocenters. The number of rotatable bonds is 6. The highest BCUT2D eigenvalue weighted by Crippen LogP contribution is 2.29. The molecule has 2 atom stereocenters. The Kier molecular flexibility index (Phi) is 5.97. The van der Waals surface area contributed by atoms with E-state index in [-0.39, 0.29) is 0 Å². The van der Waals surface area contributed by atoms with Gasteiger partial charge in [-0.05, 0) is 70.1 Å². The van der Waals surface area contributed by atoms with Crippen LogP contribution in [0.15, 0.2) is 0 Å². The van der Waals surface area contributed by atoms with E-state index in [0.717, 1.165) is 24.4 Å². The molecule has 0 aromatic heterocycles. The van der Waals surface area contributed by atoms with Crippen LogP contribution in [0.1, 0.15) is 58.8 Å². The summed E-state index contributed by atoms with van der Waals surface area (Å²) in [7, 11) is 0. The number of hydrogen-bond acceptors (Lipinski definition) is 2. The van der Waals surface area contributed by atoms with Gasteiger partial charge >= 0.3 is 0 Å². The van der Waals surface area contributed by atoms with Crippen LogP contribution in [0.4, 0.5) is 0 Å². The highest BCUT2D eigenvalue weighted by Gasteiger charge is 2.27. The predicted octanol–water partition coefficient (Wildman–Crippen LogP) is 3.28. The second-order valence-electron chi connectivity index (χ2n) is 6.34. The van der Waals surface area contributed by atoms with Gasteiger partial charge in [0.1, 0.15) is 0 Å². The lowest BCUT2D eigenvalue weighted by atomic mass is 9.93. The smallest absolute Gasteiger partial charge is 0.00956 e. The van der Waals surface area contributed by atoms with Crippen LogP contribution in [-0.4, -0.2) is 37.1 Å². The van der Waals surface area contributed by atoms with Crippen LogP contribution in [0.5, 0.6) is 0 Å². The van der Waals surface area contributed by atoms with E-state index in [4.69, 9.17) is 0 Å². The van der Waals surface area contributed by atoms with E-state index in [0.29, 0.717) is 0 Å². The van der Waals surface area contributed by atoms with E-state index < -0.39 is 0 Å². The lowest BCUT2D eigenvalue weighted by Gasteiger charge is -2.32. The van der Waals surface area contributed by atoms with Gasteiger partial charge in [0.05, 0.1) is 0 Å². The molecule has 0 aromatic rings. The van der Waals surface area contributed by atoms with Crippen molar-refractivity contribution in [3.8, 4) is 0 Å². The van der Waals surface area contributed by atoms with Crippen molar-refractivity contribution in [1.82, 2.24) is 10.2 Å². The summed E-state index contributed by atoms with van der Waals surface area (Å²) in [4.78, 5) is 2.72. The largest absolute Gasteiger partial charge is 0.314 e. The van der Waals surface area contributed by atoms with Crippen molar-refractivity contribution in [2.24, 2.45) is 11.8 Å². The Labute approximate surface area is 114 Å². The molecule has 2 aliphatic rings. The Balaban J connectivity index is 1.65. The van der Waals surface area contributed by atoms with Gasteiger partial charge in [0, 0.05) is 6.04 Å². The Bertz CT molecular complexity index is 221. The van der Waals surface area contributed by atoms with Gasteiger partial charge in [-0.15, -0.1) is 0 Å². The molecular formula is C16H32N2. The van der Waals surface area contributed by atoms with Gasteiger partial charge in [-0.3, -0.25) is 0 Å². The average Bonchev–Trinajstić information content (AvgIpc) is 2.85. The summed E-state index contributed by atoms with van der Waals surface area (Å²) >= 11 is 0. The van der Waals surface area contributed by atoms with Gasteiger partial charge in [-0.2, -0.15) is 0 Å². The maximum absolute atomic E-state index is 3.68. The molecule has 0 aromatic carbocycles. The van der Waals surface area contributed by atoms with Crippen molar-refractivity contribution in [3.63, 3.8) is 0 Å². The minimum atomic E-state index is 0.822. The van der Waals surface area contributed by atoms with Crippen molar-refractivity contribution in [2.45, 2.75) is 64.8 Å². The lowest BCUT2D eigenvalue weighted by molar-refractivity contribution is 0.168. The Morgan fingerprint density at radius 3 is 2.50 bits per heavy atom. The van der Waals surface area contributed by atoms with Crippen LogP contribution >= 0.6 is 0 Å². The second-order valence-corrected chi connectivity index (χ2v) is 6.34. The number of piperidine rings is 1. The minimum absolute atomic E-state index is 0.822. The summed E-state index contributed by atoms with van der Waals surface area (Å²) in [5.41, 5.74) is 0. The van der Waals surface area contributed by atoms with Crippen LogP contribution in [0, 0.1) is 11.8 Å². The molecule has 2 fully saturated rings. The van der Waals surface area contributed by atoms with Gasteiger partial charge in [-0.1, -0.05) is 26.7 Å². The summed E-state index contributed by atoms with van der Waals surface area (Å²) in [6.07, 6.45) is 10.0. The van der Waals surface area contributed by atoms with Crippen molar-refractivity contribution in [2.75, 3.05) is 26.2 Å². The summed E-state index contributed by atoms with van der Waals surface area (Å²) < 4.78 is 0. The fraction of sp³-hybridized carbons (Fsp3) is 1.00. The highest BCUT2D eigenvalue weighted by atomic mass is 15.1. The molecule has 1 aliphatic heterocycles. The van der Waals surface area contributed by atoms with Crippen molar-refractivity contribution >= 4 is 0 Å². The van der Waals surface area contributed by atoms with Crippen molar-refractivity contribution in [1.29, 1.82) is 0 Å². The Morgan fingerprint density at radius 1 is 1.06 bits per heavy atom. The minimum Gasteiger partial charge on any atom is -0.314 e. The maximum atomic E-state index is 3.68. The van der Waals surface area contributed by atoms with Crippen molar-refractivity contribution < 1.29 is 0 Å². The van der Waals surface area contributed by atoms with Crippen molar-refractivity contribution in [3.05, 3.63) is 0 Å². The molecule has 1 saturated heterocycles. The van der Waals surface area contributed by atoms with Gasteiger partial charge in [-0.25, -0.2) is 0 Å². The Hall–Kier alpha value is -0.0800. The molecule has 0 radical (unpaired) electrons.